The standard InChI is InChI=1S/C31H40N2O2/c32-20-24-13-15-25(16-14-24)21-33-30(34)31-17-7-12-28(31)29(35-22-26-10-5-2-6-11-26)27(19-31)18-23-8-3-1-4-9-23/h1-6,8-11,21,24-25,27-29H,7,12-20,22,32H2/b33-21+. The molecule has 3 aliphatic carbocycles. The highest BCUT2D eigenvalue weighted by atomic mass is 16.5. The van der Waals surface area contributed by atoms with Crippen LogP contribution < -0.4 is 5.73 Å². The fraction of sp³-hybridized carbons (Fsp3) is 0.548. The van der Waals surface area contributed by atoms with Crippen molar-refractivity contribution in [2.45, 2.75) is 70.5 Å². The molecule has 2 aromatic rings. The molecule has 3 saturated carbocycles. The van der Waals surface area contributed by atoms with Crippen LogP contribution in [-0.4, -0.2) is 24.8 Å². The Morgan fingerprint density at radius 1 is 0.971 bits per heavy atom. The summed E-state index contributed by atoms with van der Waals surface area (Å²) in [6, 6.07) is 21.1. The van der Waals surface area contributed by atoms with Gasteiger partial charge in [0.1, 0.15) is 0 Å². The predicted molar refractivity (Wildman–Crippen MR) is 141 cm³/mol. The molecule has 5 rings (SSSR count). The highest BCUT2D eigenvalue weighted by Gasteiger charge is 2.59. The van der Waals surface area contributed by atoms with Crippen LogP contribution in [-0.2, 0) is 22.6 Å². The average molecular weight is 473 g/mol. The van der Waals surface area contributed by atoms with Gasteiger partial charge in [-0.1, -0.05) is 67.1 Å². The van der Waals surface area contributed by atoms with E-state index in [1.165, 1.54) is 11.1 Å². The number of hydrogen-bond acceptors (Lipinski definition) is 3. The number of benzene rings is 2. The lowest BCUT2D eigenvalue weighted by atomic mass is 9.78. The van der Waals surface area contributed by atoms with Crippen LogP contribution in [0.4, 0.5) is 0 Å². The Morgan fingerprint density at radius 3 is 2.34 bits per heavy atom. The molecule has 4 unspecified atom stereocenters. The van der Waals surface area contributed by atoms with Crippen LogP contribution >= 0.6 is 0 Å². The van der Waals surface area contributed by atoms with E-state index in [0.29, 0.717) is 24.4 Å². The van der Waals surface area contributed by atoms with Crippen LogP contribution in [0.2, 0.25) is 0 Å². The van der Waals surface area contributed by atoms with Crippen molar-refractivity contribution in [1.82, 2.24) is 0 Å². The second-order valence-corrected chi connectivity index (χ2v) is 11.2. The van der Waals surface area contributed by atoms with Crippen LogP contribution in [0.3, 0.4) is 0 Å². The van der Waals surface area contributed by atoms with Crippen molar-refractivity contribution in [3.8, 4) is 0 Å². The molecule has 35 heavy (non-hydrogen) atoms. The number of ether oxygens (including phenoxy) is 1. The van der Waals surface area contributed by atoms with Crippen LogP contribution in [0, 0.1) is 29.1 Å². The van der Waals surface area contributed by atoms with Gasteiger partial charge in [-0.2, -0.15) is 0 Å². The molecule has 2 aromatic carbocycles. The molecular formula is C31H40N2O2. The Bertz CT molecular complexity index is 984. The van der Waals surface area contributed by atoms with Crippen LogP contribution in [0.5, 0.6) is 0 Å². The van der Waals surface area contributed by atoms with E-state index < -0.39 is 0 Å². The summed E-state index contributed by atoms with van der Waals surface area (Å²) in [6.45, 7) is 1.38. The minimum Gasteiger partial charge on any atom is -0.373 e. The summed E-state index contributed by atoms with van der Waals surface area (Å²) in [4.78, 5) is 18.4. The van der Waals surface area contributed by atoms with Crippen LogP contribution in [0.25, 0.3) is 0 Å². The maximum absolute atomic E-state index is 13.8. The number of nitrogens with two attached hydrogens (primary N) is 1. The number of aliphatic imine (C=N–C) groups is 1. The van der Waals surface area contributed by atoms with Crippen molar-refractivity contribution in [2.24, 2.45) is 39.8 Å². The first kappa shape index (κ1) is 24.4. The molecule has 4 nitrogen and oxygen atoms in total. The molecule has 0 aromatic heterocycles. The van der Waals surface area contributed by atoms with E-state index in [1.54, 1.807) is 0 Å². The topological polar surface area (TPSA) is 64.7 Å². The molecule has 0 saturated heterocycles. The molecule has 0 radical (unpaired) electrons. The van der Waals surface area contributed by atoms with Crippen molar-refractivity contribution >= 4 is 12.1 Å². The molecule has 4 heteroatoms. The lowest BCUT2D eigenvalue weighted by Crippen LogP contribution is -2.34. The number of carbonyl (C=O) groups is 1. The zero-order valence-electron chi connectivity index (χ0n) is 20.9. The number of fused-ring (bicyclic) bond motifs is 1. The first-order valence-electron chi connectivity index (χ1n) is 13.7. The summed E-state index contributed by atoms with van der Waals surface area (Å²) in [5.41, 5.74) is 8.02. The van der Waals surface area contributed by atoms with Gasteiger partial charge in [-0.3, -0.25) is 4.79 Å². The molecule has 3 aliphatic rings. The highest BCUT2D eigenvalue weighted by molar-refractivity contribution is 5.91. The van der Waals surface area contributed by atoms with Crippen molar-refractivity contribution in [1.29, 1.82) is 0 Å². The minimum atomic E-state index is -0.355. The summed E-state index contributed by atoms with van der Waals surface area (Å²) in [5.74, 6) is 1.78. The van der Waals surface area contributed by atoms with E-state index in [2.05, 4.69) is 59.6 Å². The summed E-state index contributed by atoms with van der Waals surface area (Å²) in [5, 5.41) is 0. The van der Waals surface area contributed by atoms with Crippen molar-refractivity contribution in [3.63, 3.8) is 0 Å². The van der Waals surface area contributed by atoms with Gasteiger partial charge in [-0.05, 0) is 92.7 Å². The number of amides is 1. The third-order valence-corrected chi connectivity index (χ3v) is 9.01. The molecule has 1 amide bonds. The lowest BCUT2D eigenvalue weighted by Gasteiger charge is -2.29. The van der Waals surface area contributed by atoms with E-state index in [0.717, 1.165) is 64.3 Å². The fourth-order valence-electron chi connectivity index (χ4n) is 7.10. The molecular weight excluding hydrogens is 432 g/mol. The van der Waals surface area contributed by atoms with E-state index in [1.807, 2.05) is 12.3 Å². The minimum absolute atomic E-state index is 0.0945. The summed E-state index contributed by atoms with van der Waals surface area (Å²) < 4.78 is 6.67. The zero-order valence-corrected chi connectivity index (χ0v) is 20.9. The van der Waals surface area contributed by atoms with Crippen molar-refractivity contribution in [3.05, 3.63) is 71.8 Å². The Balaban J connectivity index is 1.33. The molecule has 3 fully saturated rings. The maximum Gasteiger partial charge on any atom is 0.251 e. The summed E-state index contributed by atoms with van der Waals surface area (Å²) in [6.07, 6.45) is 11.6. The second kappa shape index (κ2) is 11.2. The van der Waals surface area contributed by atoms with Gasteiger partial charge in [0.15, 0.2) is 0 Å². The third kappa shape index (κ3) is 5.44. The Labute approximate surface area is 210 Å². The molecule has 0 bridgehead atoms. The van der Waals surface area contributed by atoms with E-state index >= 15 is 0 Å². The highest BCUT2D eigenvalue weighted by Crippen LogP contribution is 2.58. The fourth-order valence-corrected chi connectivity index (χ4v) is 7.10. The quantitative estimate of drug-likeness (QED) is 0.481. The Kier molecular flexibility index (Phi) is 7.79. The average Bonchev–Trinajstić information content (AvgIpc) is 3.45. The van der Waals surface area contributed by atoms with Gasteiger partial charge in [0, 0.05) is 6.21 Å². The number of rotatable bonds is 8. The van der Waals surface area contributed by atoms with E-state index in [-0.39, 0.29) is 23.3 Å². The van der Waals surface area contributed by atoms with Gasteiger partial charge in [-0.25, -0.2) is 4.99 Å². The van der Waals surface area contributed by atoms with Gasteiger partial charge in [0.25, 0.3) is 5.91 Å². The van der Waals surface area contributed by atoms with Crippen LogP contribution in [0.15, 0.2) is 65.7 Å². The normalized spacial score (nSPS) is 32.7. The first-order valence-corrected chi connectivity index (χ1v) is 13.7. The molecule has 0 aliphatic heterocycles. The monoisotopic (exact) mass is 472 g/mol. The molecule has 2 N–H and O–H groups in total. The SMILES string of the molecule is NCC1CCC(/C=N/C(=O)C23CCCC2C(OCc2ccccc2)C(Cc2ccccc2)C3)CC1. The molecule has 4 atom stereocenters. The van der Waals surface area contributed by atoms with Gasteiger partial charge in [0.05, 0.1) is 18.1 Å². The van der Waals surface area contributed by atoms with E-state index in [4.69, 9.17) is 10.5 Å². The largest absolute Gasteiger partial charge is 0.373 e. The Morgan fingerprint density at radius 2 is 1.66 bits per heavy atom. The molecule has 186 valence electrons. The zero-order chi connectivity index (χ0) is 24.1. The maximum atomic E-state index is 13.8. The van der Waals surface area contributed by atoms with E-state index in [9.17, 15) is 4.79 Å². The molecule has 0 heterocycles. The van der Waals surface area contributed by atoms with Gasteiger partial charge in [-0.15, -0.1) is 0 Å². The first-order chi connectivity index (χ1) is 17.2. The number of carbonyl (C=O) groups excluding carboxylic acids is 1. The van der Waals surface area contributed by atoms with Crippen molar-refractivity contribution in [2.75, 3.05) is 6.54 Å². The molecule has 0 spiro atoms. The van der Waals surface area contributed by atoms with Crippen molar-refractivity contribution < 1.29 is 9.53 Å². The van der Waals surface area contributed by atoms with Gasteiger partial charge < -0.3 is 10.5 Å². The predicted octanol–water partition coefficient (Wildman–Crippen LogP) is 5.98. The smallest absolute Gasteiger partial charge is 0.251 e. The summed E-state index contributed by atoms with van der Waals surface area (Å²) in [7, 11) is 0. The second-order valence-electron chi connectivity index (χ2n) is 11.2. The summed E-state index contributed by atoms with van der Waals surface area (Å²) >= 11 is 0. The lowest BCUT2D eigenvalue weighted by molar-refractivity contribution is -0.129. The number of nitrogens with zero attached hydrogens (tertiary/aromatic N) is 1. The third-order valence-electron chi connectivity index (χ3n) is 9.01. The van der Waals surface area contributed by atoms with Gasteiger partial charge in [0.2, 0.25) is 0 Å². The van der Waals surface area contributed by atoms with Gasteiger partial charge >= 0.3 is 0 Å². The van der Waals surface area contributed by atoms with Crippen LogP contribution in [0.1, 0.15) is 62.5 Å². The Hall–Kier alpha value is -2.30. The number of hydrogen-bond donors (Lipinski definition) is 1.